The third-order valence-corrected chi connectivity index (χ3v) is 4.83. The normalized spacial score (nSPS) is 11.1. The zero-order valence-corrected chi connectivity index (χ0v) is 13.2. The molecule has 0 atom stereocenters. The zero-order chi connectivity index (χ0) is 14.9. The van der Waals surface area contributed by atoms with E-state index in [1.54, 1.807) is 0 Å². The average Bonchev–Trinajstić information content (AvgIpc) is 2.69. The molecule has 2 aromatic rings. The van der Waals surface area contributed by atoms with Gasteiger partial charge in [-0.1, -0.05) is 16.8 Å². The van der Waals surface area contributed by atoms with Crippen molar-refractivity contribution in [1.82, 2.24) is 15.0 Å². The van der Waals surface area contributed by atoms with Crippen molar-refractivity contribution in [2.45, 2.75) is 5.03 Å². The van der Waals surface area contributed by atoms with Gasteiger partial charge in [-0.2, -0.15) is 13.7 Å². The second-order valence-corrected chi connectivity index (χ2v) is 6.50. The molecule has 0 unspecified atom stereocenters. The number of anilines is 1. The Balaban J connectivity index is 2.50. The first kappa shape index (κ1) is 14.8. The number of nitriles is 1. The number of benzene rings is 1. The summed E-state index contributed by atoms with van der Waals surface area (Å²) in [5.41, 5.74) is 0.248. The average molecular weight is 377 g/mol. The second-order valence-electron chi connectivity index (χ2n) is 3.72. The first-order valence-corrected chi connectivity index (χ1v) is 7.78. The molecule has 20 heavy (non-hydrogen) atoms. The number of nitrogens with zero attached hydrogens (tertiary/aromatic N) is 4. The van der Waals surface area contributed by atoms with Gasteiger partial charge in [-0.25, -0.2) is 4.68 Å². The first-order chi connectivity index (χ1) is 9.35. The molecule has 104 valence electrons. The molecule has 10 heteroatoms. The Hall–Kier alpha value is -1.63. The lowest BCUT2D eigenvalue weighted by Crippen LogP contribution is -2.17. The Morgan fingerprint density at radius 3 is 2.75 bits per heavy atom. The van der Waals surface area contributed by atoms with Crippen LogP contribution in [-0.4, -0.2) is 23.4 Å². The van der Waals surface area contributed by atoms with Gasteiger partial charge in [0.05, 0.1) is 11.3 Å². The van der Waals surface area contributed by atoms with Crippen LogP contribution in [0.4, 0.5) is 5.69 Å². The highest BCUT2D eigenvalue weighted by Gasteiger charge is 2.25. The number of rotatable bonds is 3. The summed E-state index contributed by atoms with van der Waals surface area (Å²) in [6, 6.07) is 6.17. The van der Waals surface area contributed by atoms with E-state index in [2.05, 4.69) is 31.0 Å². The smallest absolute Gasteiger partial charge is 0.277 e. The number of hydrogen-bond acceptors (Lipinski definition) is 5. The van der Waals surface area contributed by atoms with Gasteiger partial charge >= 0.3 is 0 Å². The van der Waals surface area contributed by atoms with Crippen molar-refractivity contribution in [2.24, 2.45) is 7.05 Å². The van der Waals surface area contributed by atoms with Crippen LogP contribution in [0.25, 0.3) is 0 Å². The Morgan fingerprint density at radius 1 is 1.50 bits per heavy atom. The zero-order valence-electron chi connectivity index (χ0n) is 10.0. The van der Waals surface area contributed by atoms with Crippen molar-refractivity contribution in [1.29, 1.82) is 5.26 Å². The topological polar surface area (TPSA) is 101 Å². The molecule has 0 radical (unpaired) electrons. The van der Waals surface area contributed by atoms with Crippen LogP contribution in [-0.2, 0) is 17.1 Å². The summed E-state index contributed by atoms with van der Waals surface area (Å²) in [5.74, 6) is 0. The van der Waals surface area contributed by atoms with E-state index >= 15 is 0 Å². The molecule has 2 rings (SSSR count). The number of aryl methyl sites for hydroxylation is 1. The van der Waals surface area contributed by atoms with Gasteiger partial charge in [-0.05, 0) is 34.1 Å². The molecule has 0 saturated heterocycles. The molecule has 1 aromatic heterocycles. The van der Waals surface area contributed by atoms with E-state index in [1.165, 1.54) is 25.2 Å². The molecule has 0 amide bonds. The lowest BCUT2D eigenvalue weighted by molar-refractivity contribution is 0.578. The van der Waals surface area contributed by atoms with Crippen LogP contribution in [0.3, 0.4) is 0 Å². The van der Waals surface area contributed by atoms with Crippen molar-refractivity contribution < 1.29 is 8.42 Å². The van der Waals surface area contributed by atoms with E-state index in [9.17, 15) is 8.42 Å². The summed E-state index contributed by atoms with van der Waals surface area (Å²) in [7, 11) is -2.51. The van der Waals surface area contributed by atoms with Crippen molar-refractivity contribution in [3.8, 4) is 6.07 Å². The third kappa shape index (κ3) is 2.77. The van der Waals surface area contributed by atoms with Crippen LogP contribution in [0.15, 0.2) is 27.8 Å². The van der Waals surface area contributed by atoms with E-state index in [1.807, 2.05) is 6.07 Å². The highest BCUT2D eigenvalue weighted by Crippen LogP contribution is 2.25. The van der Waals surface area contributed by atoms with Gasteiger partial charge in [0.1, 0.15) is 6.07 Å². The van der Waals surface area contributed by atoms with E-state index in [-0.39, 0.29) is 20.9 Å². The molecule has 0 aliphatic carbocycles. The number of hydrogen-bond donors (Lipinski definition) is 1. The molecule has 1 heterocycles. The maximum atomic E-state index is 12.3. The van der Waals surface area contributed by atoms with E-state index in [0.29, 0.717) is 5.02 Å². The fourth-order valence-corrected chi connectivity index (χ4v) is 3.84. The Kier molecular flexibility index (Phi) is 3.99. The summed E-state index contributed by atoms with van der Waals surface area (Å²) < 4.78 is 28.1. The summed E-state index contributed by atoms with van der Waals surface area (Å²) >= 11 is 8.82. The summed E-state index contributed by atoms with van der Waals surface area (Å²) in [6.45, 7) is 0. The van der Waals surface area contributed by atoms with E-state index in [4.69, 9.17) is 16.9 Å². The molecule has 1 aromatic carbocycles. The molecular formula is C10H7BrClN5O2S. The predicted molar refractivity (Wildman–Crippen MR) is 75.7 cm³/mol. The lowest BCUT2D eigenvalue weighted by Gasteiger charge is -2.09. The quantitative estimate of drug-likeness (QED) is 0.881. The van der Waals surface area contributed by atoms with Crippen molar-refractivity contribution >= 4 is 43.2 Å². The van der Waals surface area contributed by atoms with Crippen LogP contribution in [0.5, 0.6) is 0 Å². The number of halogens is 2. The fraction of sp³-hybridized carbons (Fsp3) is 0.100. The van der Waals surface area contributed by atoms with Gasteiger partial charge in [0.2, 0.25) is 5.03 Å². The van der Waals surface area contributed by atoms with Gasteiger partial charge in [0, 0.05) is 12.1 Å². The minimum absolute atomic E-state index is 0.0769. The van der Waals surface area contributed by atoms with Gasteiger partial charge < -0.3 is 0 Å². The van der Waals surface area contributed by atoms with Crippen LogP contribution < -0.4 is 4.72 Å². The summed E-state index contributed by atoms with van der Waals surface area (Å²) in [4.78, 5) is 0. The third-order valence-electron chi connectivity index (χ3n) is 2.34. The van der Waals surface area contributed by atoms with Gasteiger partial charge in [-0.15, -0.1) is 5.10 Å². The molecule has 0 fully saturated rings. The molecule has 0 bridgehead atoms. The monoisotopic (exact) mass is 375 g/mol. The Morgan fingerprint density at radius 2 is 2.20 bits per heavy atom. The van der Waals surface area contributed by atoms with Crippen molar-refractivity contribution in [3.63, 3.8) is 0 Å². The van der Waals surface area contributed by atoms with E-state index < -0.39 is 10.0 Å². The first-order valence-electron chi connectivity index (χ1n) is 5.13. The SMILES string of the molecule is Cn1nnc(Br)c1S(=O)(=O)Nc1cc(Cl)ccc1C#N. The molecule has 0 aliphatic heterocycles. The van der Waals surface area contributed by atoms with Crippen LogP contribution >= 0.6 is 27.5 Å². The summed E-state index contributed by atoms with van der Waals surface area (Å²) in [6.07, 6.45) is 0. The van der Waals surface area contributed by atoms with E-state index in [0.717, 1.165) is 4.68 Å². The minimum atomic E-state index is -3.95. The molecule has 0 spiro atoms. The van der Waals surface area contributed by atoms with Crippen LogP contribution in [0, 0.1) is 11.3 Å². The maximum absolute atomic E-state index is 12.3. The number of sulfonamides is 1. The van der Waals surface area contributed by atoms with Gasteiger partial charge in [0.15, 0.2) is 4.60 Å². The molecular weight excluding hydrogens is 370 g/mol. The maximum Gasteiger partial charge on any atom is 0.281 e. The van der Waals surface area contributed by atoms with Gasteiger partial charge in [0.25, 0.3) is 10.0 Å². The minimum Gasteiger partial charge on any atom is -0.277 e. The predicted octanol–water partition coefficient (Wildman–Crippen LogP) is 1.90. The molecule has 0 aliphatic rings. The standard InChI is InChI=1S/C10H7BrClN5O2S/c1-17-10(9(11)14-16-17)20(18,19)15-8-4-7(12)3-2-6(8)5-13/h2-4,15H,1H3. The largest absolute Gasteiger partial charge is 0.281 e. The molecule has 0 saturated carbocycles. The lowest BCUT2D eigenvalue weighted by atomic mass is 10.2. The number of nitrogens with one attached hydrogen (secondary N) is 1. The Bertz CT molecular complexity index is 792. The van der Waals surface area contributed by atoms with Gasteiger partial charge in [-0.3, -0.25) is 4.72 Å². The number of aromatic nitrogens is 3. The highest BCUT2D eigenvalue weighted by molar-refractivity contribution is 9.10. The second kappa shape index (κ2) is 5.40. The molecule has 1 N–H and O–H groups in total. The van der Waals surface area contributed by atoms with Crippen LogP contribution in [0.2, 0.25) is 5.02 Å². The van der Waals surface area contributed by atoms with Crippen molar-refractivity contribution in [2.75, 3.05) is 4.72 Å². The fourth-order valence-electron chi connectivity index (χ4n) is 1.50. The molecule has 7 nitrogen and oxygen atoms in total. The Labute approximate surface area is 128 Å². The summed E-state index contributed by atoms with van der Waals surface area (Å²) in [5, 5.41) is 16.3. The van der Waals surface area contributed by atoms with Crippen molar-refractivity contribution in [3.05, 3.63) is 33.4 Å². The highest BCUT2D eigenvalue weighted by atomic mass is 79.9. The van der Waals surface area contributed by atoms with Crippen LogP contribution in [0.1, 0.15) is 5.56 Å².